The minimum Gasteiger partial charge on any atom is -0.469 e. The lowest BCUT2D eigenvalue weighted by Crippen LogP contribution is -2.78. The Balaban J connectivity index is 2.12. The molecular weight excluding hydrogens is 208 g/mol. The summed E-state index contributed by atoms with van der Waals surface area (Å²) in [7, 11) is 2.66. The van der Waals surface area contributed by atoms with E-state index in [0.717, 1.165) is 0 Å². The van der Waals surface area contributed by atoms with E-state index in [1.807, 2.05) is 0 Å². The number of carbonyl (C=O) groups excluding carboxylic acids is 2. The standard InChI is InChI=1S/C9H11ClO4/c1-13-6(11)8-3-9(4-8,5(8)10)7(12)14-2/h5H,3-4H2,1-2H3. The highest BCUT2D eigenvalue weighted by Gasteiger charge is 2.83. The lowest BCUT2D eigenvalue weighted by Gasteiger charge is -2.69. The highest BCUT2D eigenvalue weighted by atomic mass is 35.5. The fourth-order valence-corrected chi connectivity index (χ4v) is 3.09. The smallest absolute Gasteiger partial charge is 0.313 e. The van der Waals surface area contributed by atoms with Gasteiger partial charge in [-0.25, -0.2) is 0 Å². The topological polar surface area (TPSA) is 52.6 Å². The van der Waals surface area contributed by atoms with Gasteiger partial charge in [0.05, 0.1) is 30.4 Å². The van der Waals surface area contributed by atoms with Gasteiger partial charge in [0.1, 0.15) is 0 Å². The second kappa shape index (κ2) is 2.63. The fraction of sp³-hybridized carbons (Fsp3) is 0.778. The average Bonchev–Trinajstić information content (AvgIpc) is 2.15. The number of ether oxygens (including phenoxy) is 2. The largest absolute Gasteiger partial charge is 0.469 e. The zero-order chi connectivity index (χ0) is 10.6. The van der Waals surface area contributed by atoms with Crippen LogP contribution in [-0.2, 0) is 19.1 Å². The maximum Gasteiger partial charge on any atom is 0.313 e. The van der Waals surface area contributed by atoms with E-state index in [2.05, 4.69) is 9.47 Å². The van der Waals surface area contributed by atoms with Crippen molar-refractivity contribution in [3.63, 3.8) is 0 Å². The number of halogens is 1. The minimum absolute atomic E-state index is 0.316. The van der Waals surface area contributed by atoms with Gasteiger partial charge < -0.3 is 9.47 Å². The van der Waals surface area contributed by atoms with E-state index >= 15 is 0 Å². The van der Waals surface area contributed by atoms with Gasteiger partial charge >= 0.3 is 11.9 Å². The lowest BCUT2D eigenvalue weighted by molar-refractivity contribution is -0.230. The molecular formula is C9H11ClO4. The first-order chi connectivity index (χ1) is 6.53. The molecule has 0 heterocycles. The normalized spacial score (nSPS) is 43.2. The third-order valence-electron chi connectivity index (χ3n) is 3.42. The third-order valence-corrected chi connectivity index (χ3v) is 4.25. The summed E-state index contributed by atoms with van der Waals surface area (Å²) in [6.45, 7) is 0. The van der Waals surface area contributed by atoms with Crippen molar-refractivity contribution in [2.75, 3.05) is 14.2 Å². The zero-order valence-corrected chi connectivity index (χ0v) is 8.76. The molecule has 0 amide bonds. The highest BCUT2D eigenvalue weighted by molar-refractivity contribution is 6.27. The molecule has 0 radical (unpaired) electrons. The molecule has 78 valence electrons. The van der Waals surface area contributed by atoms with Crippen molar-refractivity contribution in [1.29, 1.82) is 0 Å². The molecule has 14 heavy (non-hydrogen) atoms. The van der Waals surface area contributed by atoms with Gasteiger partial charge in [-0.1, -0.05) is 0 Å². The van der Waals surface area contributed by atoms with Crippen LogP contribution in [0.2, 0.25) is 0 Å². The molecule has 3 aliphatic rings. The predicted molar refractivity (Wildman–Crippen MR) is 47.8 cm³/mol. The van der Waals surface area contributed by atoms with E-state index in [4.69, 9.17) is 11.6 Å². The van der Waals surface area contributed by atoms with Crippen LogP contribution in [-0.4, -0.2) is 31.5 Å². The van der Waals surface area contributed by atoms with Gasteiger partial charge in [-0.2, -0.15) is 0 Å². The van der Waals surface area contributed by atoms with Gasteiger partial charge in [0.15, 0.2) is 0 Å². The monoisotopic (exact) mass is 218 g/mol. The first-order valence-electron chi connectivity index (χ1n) is 4.34. The van der Waals surface area contributed by atoms with Gasteiger partial charge in [0.25, 0.3) is 0 Å². The van der Waals surface area contributed by atoms with Gasteiger partial charge in [0.2, 0.25) is 0 Å². The van der Waals surface area contributed by atoms with E-state index < -0.39 is 16.2 Å². The molecule has 3 saturated carbocycles. The van der Waals surface area contributed by atoms with E-state index in [-0.39, 0.29) is 11.9 Å². The summed E-state index contributed by atoms with van der Waals surface area (Å²) in [5.74, 6) is -0.633. The van der Waals surface area contributed by atoms with Crippen molar-refractivity contribution in [3.8, 4) is 0 Å². The van der Waals surface area contributed by atoms with E-state index in [1.54, 1.807) is 0 Å². The van der Waals surface area contributed by atoms with Gasteiger partial charge in [0, 0.05) is 0 Å². The molecule has 2 bridgehead atoms. The third kappa shape index (κ3) is 0.764. The van der Waals surface area contributed by atoms with Gasteiger partial charge in [-0.3, -0.25) is 9.59 Å². The summed E-state index contributed by atoms with van der Waals surface area (Å²) < 4.78 is 9.30. The highest BCUT2D eigenvalue weighted by Crippen LogP contribution is 2.76. The quantitative estimate of drug-likeness (QED) is 0.506. The molecule has 5 heteroatoms. The molecule has 0 N–H and O–H groups in total. The number of methoxy groups -OCH3 is 2. The SMILES string of the molecule is COC(=O)C12CC(C(=O)OC)(C1)C2Cl. The van der Waals surface area contributed by atoms with E-state index in [1.165, 1.54) is 14.2 Å². The molecule has 0 aliphatic heterocycles. The first-order valence-corrected chi connectivity index (χ1v) is 4.78. The number of alkyl halides is 1. The molecule has 3 aliphatic carbocycles. The second-order valence-electron chi connectivity index (χ2n) is 4.01. The molecule has 0 atom stereocenters. The molecule has 0 aromatic heterocycles. The van der Waals surface area contributed by atoms with Crippen molar-refractivity contribution in [2.24, 2.45) is 10.8 Å². The molecule has 3 rings (SSSR count). The van der Waals surface area contributed by atoms with Gasteiger partial charge in [-0.15, -0.1) is 11.6 Å². The van der Waals surface area contributed by atoms with Crippen LogP contribution in [0.4, 0.5) is 0 Å². The van der Waals surface area contributed by atoms with Crippen LogP contribution < -0.4 is 0 Å². The van der Waals surface area contributed by atoms with Crippen LogP contribution in [0.15, 0.2) is 0 Å². The minimum atomic E-state index is -0.621. The zero-order valence-electron chi connectivity index (χ0n) is 8.00. The molecule has 0 spiro atoms. The van der Waals surface area contributed by atoms with Crippen molar-refractivity contribution < 1.29 is 19.1 Å². The molecule has 0 aromatic carbocycles. The van der Waals surface area contributed by atoms with Crippen LogP contribution in [0.3, 0.4) is 0 Å². The summed E-state index contributed by atoms with van der Waals surface area (Å²) in [6, 6.07) is 0. The second-order valence-corrected chi connectivity index (χ2v) is 4.45. The Bertz CT molecular complexity index is 278. The Kier molecular flexibility index (Phi) is 1.83. The van der Waals surface area contributed by atoms with E-state index in [9.17, 15) is 9.59 Å². The number of hydrogen-bond donors (Lipinski definition) is 0. The Hall–Kier alpha value is -0.770. The molecule has 0 unspecified atom stereocenters. The van der Waals surface area contributed by atoms with Crippen LogP contribution in [0.25, 0.3) is 0 Å². The Labute approximate surface area is 86.5 Å². The summed E-state index contributed by atoms with van der Waals surface area (Å²) in [4.78, 5) is 22.7. The van der Waals surface area contributed by atoms with Gasteiger partial charge in [-0.05, 0) is 12.8 Å². The maximum atomic E-state index is 11.4. The van der Waals surface area contributed by atoms with Crippen molar-refractivity contribution in [3.05, 3.63) is 0 Å². The number of hydrogen-bond acceptors (Lipinski definition) is 4. The first kappa shape index (κ1) is 9.77. The average molecular weight is 219 g/mol. The molecule has 3 fully saturated rings. The number of esters is 2. The van der Waals surface area contributed by atoms with Crippen LogP contribution in [0, 0.1) is 10.8 Å². The summed E-state index contributed by atoms with van der Waals surface area (Å²) in [5.41, 5.74) is -1.24. The van der Waals surface area contributed by atoms with Crippen molar-refractivity contribution >= 4 is 23.5 Å². The number of rotatable bonds is 2. The van der Waals surface area contributed by atoms with Crippen molar-refractivity contribution in [2.45, 2.75) is 18.2 Å². The molecule has 4 nitrogen and oxygen atoms in total. The maximum absolute atomic E-state index is 11.4. The Morgan fingerprint density at radius 2 is 1.50 bits per heavy atom. The van der Waals surface area contributed by atoms with Crippen molar-refractivity contribution in [1.82, 2.24) is 0 Å². The molecule has 0 saturated heterocycles. The van der Waals surface area contributed by atoms with Crippen LogP contribution in [0.1, 0.15) is 12.8 Å². The summed E-state index contributed by atoms with van der Waals surface area (Å²) in [5, 5.41) is -0.463. The molecule has 0 aromatic rings. The number of carbonyl (C=O) groups is 2. The van der Waals surface area contributed by atoms with E-state index in [0.29, 0.717) is 12.8 Å². The summed E-state index contributed by atoms with van der Waals surface area (Å²) in [6.07, 6.45) is 0.932. The summed E-state index contributed by atoms with van der Waals surface area (Å²) >= 11 is 6.01. The fourth-order valence-electron chi connectivity index (χ4n) is 2.60. The predicted octanol–water partition coefficient (Wildman–Crippen LogP) is 0.720. The Morgan fingerprint density at radius 3 is 1.71 bits per heavy atom. The van der Waals surface area contributed by atoms with Crippen LogP contribution >= 0.6 is 11.6 Å². The Morgan fingerprint density at radius 1 is 1.14 bits per heavy atom. The van der Waals surface area contributed by atoms with Crippen LogP contribution in [0.5, 0.6) is 0 Å². The lowest BCUT2D eigenvalue weighted by atomic mass is 9.34.